The first-order chi connectivity index (χ1) is 19.3. The number of nitrogens with one attached hydrogen (secondary N) is 1. The number of hydrogen-bond acceptors (Lipinski definition) is 5. The zero-order valence-electron chi connectivity index (χ0n) is 22.9. The van der Waals surface area contributed by atoms with Gasteiger partial charge in [-0.15, -0.1) is 0 Å². The highest BCUT2D eigenvalue weighted by atomic mass is 32.2. The van der Waals surface area contributed by atoms with E-state index in [1.54, 1.807) is 11.8 Å². The fourth-order valence-corrected chi connectivity index (χ4v) is 5.58. The lowest BCUT2D eigenvalue weighted by atomic mass is 10.1. The third kappa shape index (κ3) is 7.12. The number of ether oxygens (including phenoxy) is 1. The van der Waals surface area contributed by atoms with E-state index in [4.69, 9.17) is 9.84 Å². The summed E-state index contributed by atoms with van der Waals surface area (Å²) in [5, 5.41) is 8.89. The number of aryl methyl sites for hydroxylation is 2. The molecule has 0 saturated heterocycles. The van der Waals surface area contributed by atoms with Crippen molar-refractivity contribution in [1.82, 2.24) is 14.1 Å². The zero-order valence-corrected chi connectivity index (χ0v) is 23.8. The fraction of sp³-hybridized carbons (Fsp3) is 0.226. The van der Waals surface area contributed by atoms with Crippen molar-refractivity contribution in [3.05, 3.63) is 107 Å². The number of methoxy groups -OCH3 is 1. The molecule has 0 saturated carbocycles. The molecular formula is C31H34N4O4S. The van der Waals surface area contributed by atoms with Gasteiger partial charge < -0.3 is 10.1 Å². The van der Waals surface area contributed by atoms with Gasteiger partial charge in [0.1, 0.15) is 5.82 Å². The Morgan fingerprint density at radius 3 is 2.30 bits per heavy atom. The maximum absolute atomic E-state index is 13.5. The largest absolute Gasteiger partial charge is 0.385 e. The SMILES string of the molecule is COCCCN(CC(=O)Nc1c(-c2ccccc2)c(C)nn1-c1ccccc1C)S(=O)(=O)/C=C/c1ccccc1. The minimum absolute atomic E-state index is 0.129. The zero-order chi connectivity index (χ0) is 28.5. The Balaban J connectivity index is 1.67. The summed E-state index contributed by atoms with van der Waals surface area (Å²) in [7, 11) is -2.34. The summed E-state index contributed by atoms with van der Waals surface area (Å²) in [4.78, 5) is 13.5. The van der Waals surface area contributed by atoms with Crippen LogP contribution < -0.4 is 5.32 Å². The summed E-state index contributed by atoms with van der Waals surface area (Å²) in [5.41, 5.74) is 4.95. The van der Waals surface area contributed by atoms with Gasteiger partial charge in [0.05, 0.1) is 17.9 Å². The summed E-state index contributed by atoms with van der Waals surface area (Å²) in [6, 6.07) is 26.6. The lowest BCUT2D eigenvalue weighted by Crippen LogP contribution is -2.38. The number of hydrogen-bond donors (Lipinski definition) is 1. The first-order valence-corrected chi connectivity index (χ1v) is 14.5. The van der Waals surface area contributed by atoms with E-state index in [1.165, 1.54) is 10.4 Å². The molecule has 0 bridgehead atoms. The maximum atomic E-state index is 13.5. The Morgan fingerprint density at radius 2 is 1.62 bits per heavy atom. The number of para-hydroxylation sites is 1. The molecule has 0 fully saturated rings. The molecule has 8 nitrogen and oxygen atoms in total. The van der Waals surface area contributed by atoms with Crippen LogP contribution in [0.2, 0.25) is 0 Å². The molecule has 40 heavy (non-hydrogen) atoms. The highest BCUT2D eigenvalue weighted by molar-refractivity contribution is 7.92. The highest BCUT2D eigenvalue weighted by Crippen LogP contribution is 2.34. The minimum Gasteiger partial charge on any atom is -0.385 e. The Morgan fingerprint density at radius 1 is 0.975 bits per heavy atom. The molecule has 9 heteroatoms. The number of amides is 1. The minimum atomic E-state index is -3.90. The quantitative estimate of drug-likeness (QED) is 0.234. The predicted molar refractivity (Wildman–Crippen MR) is 160 cm³/mol. The number of aromatic nitrogens is 2. The van der Waals surface area contributed by atoms with Gasteiger partial charge in [0.15, 0.2) is 0 Å². The summed E-state index contributed by atoms with van der Waals surface area (Å²) >= 11 is 0. The highest BCUT2D eigenvalue weighted by Gasteiger charge is 2.25. The van der Waals surface area contributed by atoms with Crippen LogP contribution in [0.15, 0.2) is 90.3 Å². The van der Waals surface area contributed by atoms with Crippen LogP contribution in [0.4, 0.5) is 5.82 Å². The van der Waals surface area contributed by atoms with E-state index in [1.807, 2.05) is 98.8 Å². The van der Waals surface area contributed by atoms with E-state index < -0.39 is 15.9 Å². The van der Waals surface area contributed by atoms with Gasteiger partial charge in [0, 0.05) is 31.2 Å². The van der Waals surface area contributed by atoms with Crippen molar-refractivity contribution < 1.29 is 17.9 Å². The lowest BCUT2D eigenvalue weighted by Gasteiger charge is -2.20. The molecule has 4 rings (SSSR count). The number of benzene rings is 3. The smallest absolute Gasteiger partial charge is 0.240 e. The van der Waals surface area contributed by atoms with Gasteiger partial charge in [-0.2, -0.15) is 9.40 Å². The molecule has 3 aromatic carbocycles. The number of nitrogens with zero attached hydrogens (tertiary/aromatic N) is 3. The van der Waals surface area contributed by atoms with Crippen LogP contribution in [0.25, 0.3) is 22.9 Å². The van der Waals surface area contributed by atoms with Crippen molar-refractivity contribution in [3.63, 3.8) is 0 Å². The van der Waals surface area contributed by atoms with Crippen LogP contribution >= 0.6 is 0 Å². The third-order valence-electron chi connectivity index (χ3n) is 6.39. The molecule has 4 aromatic rings. The van der Waals surface area contributed by atoms with Crippen LogP contribution in [-0.2, 0) is 19.6 Å². The molecule has 1 heterocycles. The van der Waals surface area contributed by atoms with Crippen molar-refractivity contribution in [3.8, 4) is 16.8 Å². The number of anilines is 1. The average molecular weight is 559 g/mol. The third-order valence-corrected chi connectivity index (χ3v) is 7.90. The molecule has 0 aliphatic rings. The van der Waals surface area contributed by atoms with E-state index in [-0.39, 0.29) is 13.1 Å². The van der Waals surface area contributed by atoms with Crippen LogP contribution in [0, 0.1) is 13.8 Å². The van der Waals surface area contributed by atoms with Crippen molar-refractivity contribution in [2.75, 3.05) is 32.1 Å². The monoisotopic (exact) mass is 558 g/mol. The predicted octanol–water partition coefficient (Wildman–Crippen LogP) is 5.43. The van der Waals surface area contributed by atoms with Gasteiger partial charge >= 0.3 is 0 Å². The first-order valence-electron chi connectivity index (χ1n) is 13.0. The van der Waals surface area contributed by atoms with Gasteiger partial charge in [-0.1, -0.05) is 78.9 Å². The van der Waals surface area contributed by atoms with Crippen molar-refractivity contribution in [1.29, 1.82) is 0 Å². The van der Waals surface area contributed by atoms with Crippen LogP contribution in [0.5, 0.6) is 0 Å². The molecule has 0 atom stereocenters. The standard InChI is InChI=1S/C31H34N4O4S/c1-24-13-10-11-18-28(24)35-31(30(25(2)33-35)27-16-8-5-9-17-27)32-29(36)23-34(20-12-21-39-3)40(37,38)22-19-26-14-6-4-7-15-26/h4-11,13-19,22H,12,20-21,23H2,1-3H3,(H,32,36)/b22-19+. The molecular weight excluding hydrogens is 524 g/mol. The van der Waals surface area contributed by atoms with Gasteiger partial charge in [-0.3, -0.25) is 4.79 Å². The van der Waals surface area contributed by atoms with Gasteiger partial charge in [-0.05, 0) is 49.1 Å². The number of carbonyl (C=O) groups excluding carboxylic acids is 1. The summed E-state index contributed by atoms with van der Waals surface area (Å²) in [5.74, 6) is 0.0121. The van der Waals surface area contributed by atoms with Crippen molar-refractivity contribution >= 4 is 27.8 Å². The summed E-state index contributed by atoms with van der Waals surface area (Å²) in [6.45, 7) is 4.00. The first kappa shape index (κ1) is 28.9. The summed E-state index contributed by atoms with van der Waals surface area (Å²) in [6.07, 6.45) is 1.97. The Bertz CT molecular complexity index is 1570. The molecule has 0 aliphatic heterocycles. The topological polar surface area (TPSA) is 93.5 Å². The Labute approximate surface area is 236 Å². The van der Waals surface area contributed by atoms with Gasteiger partial charge in [-0.25, -0.2) is 13.1 Å². The van der Waals surface area contributed by atoms with E-state index in [9.17, 15) is 13.2 Å². The molecule has 1 N–H and O–H groups in total. The normalized spacial score (nSPS) is 11.8. The molecule has 0 unspecified atom stereocenters. The van der Waals surface area contributed by atoms with Crippen LogP contribution in [0.3, 0.4) is 0 Å². The van der Waals surface area contributed by atoms with Crippen LogP contribution in [-0.4, -0.2) is 55.2 Å². The second kappa shape index (κ2) is 13.3. The molecule has 208 valence electrons. The molecule has 1 amide bonds. The van der Waals surface area contributed by atoms with Gasteiger partial charge in [0.2, 0.25) is 15.9 Å². The van der Waals surface area contributed by atoms with E-state index in [2.05, 4.69) is 5.32 Å². The number of rotatable bonds is 12. The molecule has 0 aliphatic carbocycles. The average Bonchev–Trinajstić information content (AvgIpc) is 3.27. The van der Waals surface area contributed by atoms with Gasteiger partial charge in [0.25, 0.3) is 0 Å². The van der Waals surface area contributed by atoms with E-state index in [0.717, 1.165) is 39.0 Å². The summed E-state index contributed by atoms with van der Waals surface area (Å²) < 4.78 is 34.6. The lowest BCUT2D eigenvalue weighted by molar-refractivity contribution is -0.116. The van der Waals surface area contributed by atoms with Crippen molar-refractivity contribution in [2.24, 2.45) is 0 Å². The van der Waals surface area contributed by atoms with E-state index in [0.29, 0.717) is 18.8 Å². The fourth-order valence-electron chi connectivity index (χ4n) is 4.40. The number of sulfonamides is 1. The van der Waals surface area contributed by atoms with E-state index >= 15 is 0 Å². The Hall–Kier alpha value is -4.05. The second-order valence-corrected chi connectivity index (χ2v) is 11.2. The number of carbonyl (C=O) groups is 1. The Kier molecular flexibility index (Phi) is 9.65. The molecule has 1 aromatic heterocycles. The molecule has 0 spiro atoms. The molecule has 0 radical (unpaired) electrons. The van der Waals surface area contributed by atoms with Crippen LogP contribution in [0.1, 0.15) is 23.2 Å². The van der Waals surface area contributed by atoms with Crippen molar-refractivity contribution in [2.45, 2.75) is 20.3 Å². The maximum Gasteiger partial charge on any atom is 0.240 e. The second-order valence-electron chi connectivity index (χ2n) is 9.36.